The lowest BCUT2D eigenvalue weighted by Crippen LogP contribution is -2.29. The fraction of sp³-hybridized carbons (Fsp3) is 0.316. The lowest BCUT2D eigenvalue weighted by atomic mass is 9.97. The molecule has 0 aromatic heterocycles. The minimum absolute atomic E-state index is 0.192. The van der Waals surface area contributed by atoms with Crippen molar-refractivity contribution in [1.29, 1.82) is 0 Å². The number of aliphatic hydroxyl groups is 1. The van der Waals surface area contributed by atoms with Crippen molar-refractivity contribution in [3.8, 4) is 0 Å². The number of carbonyl (C=O) groups is 1. The summed E-state index contributed by atoms with van der Waals surface area (Å²) in [4.78, 5) is 11.4. The molecule has 0 saturated carbocycles. The molecule has 0 spiro atoms. The molecule has 0 fully saturated rings. The first-order chi connectivity index (χ1) is 11.8. The van der Waals surface area contributed by atoms with Crippen LogP contribution >= 0.6 is 23.2 Å². The highest BCUT2D eigenvalue weighted by Gasteiger charge is 2.21. The first kappa shape index (κ1) is 19.7. The maximum atomic E-state index is 11.4. The largest absolute Gasteiger partial charge is 0.479 e. The summed E-state index contributed by atoms with van der Waals surface area (Å²) in [6.07, 6.45) is -1.85. The zero-order valence-electron chi connectivity index (χ0n) is 13.9. The molecule has 0 radical (unpaired) electrons. The second-order valence-electron chi connectivity index (χ2n) is 6.03. The third-order valence-electron chi connectivity index (χ3n) is 3.66. The quantitative estimate of drug-likeness (QED) is 0.739. The van der Waals surface area contributed by atoms with Crippen molar-refractivity contribution in [2.75, 3.05) is 0 Å². The van der Waals surface area contributed by atoms with E-state index in [2.05, 4.69) is 0 Å². The molecule has 0 amide bonds. The molecule has 2 aromatic carbocycles. The molecular weight excluding hydrogens is 363 g/mol. The van der Waals surface area contributed by atoms with E-state index in [9.17, 15) is 15.0 Å². The highest BCUT2D eigenvalue weighted by Crippen LogP contribution is 2.30. The number of aliphatic hydroxyl groups excluding tert-OH is 1. The summed E-state index contributed by atoms with van der Waals surface area (Å²) < 4.78 is 5.44. The van der Waals surface area contributed by atoms with Crippen molar-refractivity contribution in [2.45, 2.75) is 38.6 Å². The number of carboxylic acid groups (broad SMARTS) is 1. The van der Waals surface area contributed by atoms with Crippen LogP contribution in [0.5, 0.6) is 0 Å². The molecule has 2 aromatic rings. The van der Waals surface area contributed by atoms with Crippen LogP contribution < -0.4 is 0 Å². The molecule has 2 N–H and O–H groups in total. The second-order valence-corrected chi connectivity index (χ2v) is 6.87. The molecular formula is C19H20Cl2O4. The number of rotatable bonds is 7. The molecule has 0 aliphatic carbocycles. The molecule has 25 heavy (non-hydrogen) atoms. The molecule has 0 saturated heterocycles. The number of aliphatic carboxylic acids is 1. The summed E-state index contributed by atoms with van der Waals surface area (Å²) in [5, 5.41) is 20.8. The maximum absolute atomic E-state index is 11.4. The Kier molecular flexibility index (Phi) is 6.85. The number of hydrogen-bond acceptors (Lipinski definition) is 3. The van der Waals surface area contributed by atoms with Gasteiger partial charge in [0.15, 0.2) is 6.10 Å². The van der Waals surface area contributed by atoms with Crippen LogP contribution in [0.15, 0.2) is 42.5 Å². The van der Waals surface area contributed by atoms with Crippen LogP contribution in [0.3, 0.4) is 0 Å². The number of carboxylic acids is 1. The van der Waals surface area contributed by atoms with Gasteiger partial charge < -0.3 is 14.9 Å². The van der Waals surface area contributed by atoms with Crippen molar-refractivity contribution in [3.05, 3.63) is 69.2 Å². The Morgan fingerprint density at radius 2 is 1.88 bits per heavy atom. The molecule has 0 bridgehead atoms. The third kappa shape index (κ3) is 5.44. The van der Waals surface area contributed by atoms with E-state index < -0.39 is 18.2 Å². The fourth-order valence-corrected chi connectivity index (χ4v) is 3.04. The number of hydrogen-bond donors (Lipinski definition) is 2. The summed E-state index contributed by atoms with van der Waals surface area (Å²) in [5.41, 5.74) is 1.92. The van der Waals surface area contributed by atoms with Gasteiger partial charge in [-0.15, -0.1) is 0 Å². The first-order valence-corrected chi connectivity index (χ1v) is 8.63. The van der Waals surface area contributed by atoms with Crippen LogP contribution in [0, 0.1) is 0 Å². The number of ether oxygens (including phenoxy) is 1. The van der Waals surface area contributed by atoms with Crippen LogP contribution in [0.4, 0.5) is 0 Å². The first-order valence-electron chi connectivity index (χ1n) is 7.88. The van der Waals surface area contributed by atoms with Crippen molar-refractivity contribution < 1.29 is 19.7 Å². The van der Waals surface area contributed by atoms with Crippen LogP contribution in [-0.2, 0) is 16.0 Å². The number of benzene rings is 2. The summed E-state index contributed by atoms with van der Waals surface area (Å²) >= 11 is 12.0. The van der Waals surface area contributed by atoms with E-state index in [1.165, 1.54) is 0 Å². The van der Waals surface area contributed by atoms with Crippen molar-refractivity contribution in [2.24, 2.45) is 0 Å². The van der Waals surface area contributed by atoms with Gasteiger partial charge in [-0.25, -0.2) is 4.79 Å². The van der Waals surface area contributed by atoms with E-state index in [0.717, 1.165) is 5.56 Å². The highest BCUT2D eigenvalue weighted by atomic mass is 35.5. The van der Waals surface area contributed by atoms with E-state index in [1.807, 2.05) is 0 Å². The van der Waals surface area contributed by atoms with E-state index >= 15 is 0 Å². The standard InChI is InChI=1S/C19H20Cl2O4/c1-11(2)25-17(19(23)24)9-12-4-3-5-13(8-12)18(22)15-7-6-14(20)10-16(15)21/h3-8,10-11,17-18,22H,9H2,1-2H3,(H,23,24). The van der Waals surface area contributed by atoms with Gasteiger partial charge in [0.25, 0.3) is 0 Å². The number of halogens is 2. The summed E-state index contributed by atoms with van der Waals surface area (Å²) in [5.74, 6) is -1.01. The average molecular weight is 383 g/mol. The Morgan fingerprint density at radius 1 is 1.16 bits per heavy atom. The zero-order chi connectivity index (χ0) is 18.6. The minimum Gasteiger partial charge on any atom is -0.479 e. The lowest BCUT2D eigenvalue weighted by molar-refractivity contribution is -0.153. The Balaban J connectivity index is 2.24. The molecule has 2 unspecified atom stereocenters. The van der Waals surface area contributed by atoms with Gasteiger partial charge in [0.05, 0.1) is 6.10 Å². The molecule has 2 rings (SSSR count). The fourth-order valence-electron chi connectivity index (χ4n) is 2.53. The molecule has 2 atom stereocenters. The van der Waals surface area contributed by atoms with Gasteiger partial charge >= 0.3 is 5.97 Å². The summed E-state index contributed by atoms with van der Waals surface area (Å²) in [6, 6.07) is 12.0. The average Bonchev–Trinajstić information content (AvgIpc) is 2.53. The summed E-state index contributed by atoms with van der Waals surface area (Å²) in [7, 11) is 0. The molecule has 134 valence electrons. The van der Waals surface area contributed by atoms with Crippen LogP contribution in [-0.4, -0.2) is 28.4 Å². The van der Waals surface area contributed by atoms with Gasteiger partial charge in [0.2, 0.25) is 0 Å². The van der Waals surface area contributed by atoms with Gasteiger partial charge in [0.1, 0.15) is 6.10 Å². The molecule has 0 aliphatic heterocycles. The third-order valence-corrected chi connectivity index (χ3v) is 4.22. The topological polar surface area (TPSA) is 66.8 Å². The van der Waals surface area contributed by atoms with E-state index in [-0.39, 0.29) is 12.5 Å². The minimum atomic E-state index is -1.01. The Hall–Kier alpha value is -1.59. The van der Waals surface area contributed by atoms with E-state index in [1.54, 1.807) is 56.3 Å². The zero-order valence-corrected chi connectivity index (χ0v) is 15.5. The molecule has 0 aliphatic rings. The highest BCUT2D eigenvalue weighted by molar-refractivity contribution is 6.35. The van der Waals surface area contributed by atoms with E-state index in [0.29, 0.717) is 21.2 Å². The SMILES string of the molecule is CC(C)OC(Cc1cccc(C(O)c2ccc(Cl)cc2Cl)c1)C(=O)O. The summed E-state index contributed by atoms with van der Waals surface area (Å²) in [6.45, 7) is 3.58. The van der Waals surface area contributed by atoms with E-state index in [4.69, 9.17) is 27.9 Å². The monoisotopic (exact) mass is 382 g/mol. The van der Waals surface area contributed by atoms with Crippen molar-refractivity contribution >= 4 is 29.2 Å². The molecule has 4 nitrogen and oxygen atoms in total. The van der Waals surface area contributed by atoms with Gasteiger partial charge in [0, 0.05) is 22.0 Å². The Bertz CT molecular complexity index is 746. The Labute approximate surface area is 157 Å². The maximum Gasteiger partial charge on any atom is 0.333 e. The van der Waals surface area contributed by atoms with Crippen LogP contribution in [0.2, 0.25) is 10.0 Å². The lowest BCUT2D eigenvalue weighted by Gasteiger charge is -2.18. The Morgan fingerprint density at radius 3 is 2.48 bits per heavy atom. The van der Waals surface area contributed by atoms with Gasteiger partial charge in [-0.05, 0) is 37.1 Å². The normalized spacial score (nSPS) is 13.7. The second kappa shape index (κ2) is 8.68. The molecule has 0 heterocycles. The van der Waals surface area contributed by atoms with Gasteiger partial charge in [-0.3, -0.25) is 0 Å². The van der Waals surface area contributed by atoms with Crippen molar-refractivity contribution in [3.63, 3.8) is 0 Å². The van der Waals surface area contributed by atoms with Gasteiger partial charge in [-0.2, -0.15) is 0 Å². The van der Waals surface area contributed by atoms with Crippen LogP contribution in [0.1, 0.15) is 36.6 Å². The smallest absolute Gasteiger partial charge is 0.333 e. The molecule has 6 heteroatoms. The predicted octanol–water partition coefficient (Wildman–Crippen LogP) is 4.50. The van der Waals surface area contributed by atoms with Crippen molar-refractivity contribution in [1.82, 2.24) is 0 Å². The van der Waals surface area contributed by atoms with Gasteiger partial charge in [-0.1, -0.05) is 53.5 Å². The van der Waals surface area contributed by atoms with Crippen LogP contribution in [0.25, 0.3) is 0 Å². The predicted molar refractivity (Wildman–Crippen MR) is 98.3 cm³/mol.